The van der Waals surface area contributed by atoms with Crippen molar-refractivity contribution >= 4 is 68.6 Å². The van der Waals surface area contributed by atoms with Gasteiger partial charge < -0.3 is 0 Å². The van der Waals surface area contributed by atoms with Gasteiger partial charge in [0, 0.05) is 0 Å². The van der Waals surface area contributed by atoms with Crippen LogP contribution in [0.3, 0.4) is 0 Å². The Labute approximate surface area is 299 Å². The van der Waals surface area contributed by atoms with Gasteiger partial charge in [-0.25, -0.2) is 21.3 Å². The van der Waals surface area contributed by atoms with Gasteiger partial charge in [0.15, 0.2) is 0 Å². The highest BCUT2D eigenvalue weighted by atomic mass is 32.8. The molecule has 2 unspecified atom stereocenters. The van der Waals surface area contributed by atoms with E-state index in [9.17, 15) is 0 Å². The average Bonchev–Trinajstić information content (AvgIpc) is 3.55. The Bertz CT molecular complexity index is 1050. The van der Waals surface area contributed by atoms with Crippen LogP contribution in [0.4, 0.5) is 0 Å². The highest BCUT2D eigenvalue weighted by Gasteiger charge is 3.16. The fraction of sp³-hybridized carbons (Fsp3) is 1.00. The van der Waals surface area contributed by atoms with Gasteiger partial charge in [-0.15, -0.1) is 0 Å². The molecule has 2 rings (SSSR count). The zero-order chi connectivity index (χ0) is 36.9. The molecule has 0 saturated carbocycles. The molecule has 268 valence electrons. The van der Waals surface area contributed by atoms with Crippen LogP contribution in [0.5, 0.6) is 0 Å². The first kappa shape index (κ1) is 43.4. The Balaban J connectivity index is 3.60. The Morgan fingerprint density at radius 2 is 0.533 bits per heavy atom. The molecule has 0 aromatic heterocycles. The second-order valence-corrected chi connectivity index (χ2v) is 115. The molecule has 2 fully saturated rings. The predicted octanol–water partition coefficient (Wildman–Crippen LogP) is 15.0. The lowest BCUT2D eigenvalue weighted by Gasteiger charge is -2.66. The summed E-state index contributed by atoms with van der Waals surface area (Å²) in [6, 6.07) is 0. The maximum absolute atomic E-state index is 3.10. The van der Waals surface area contributed by atoms with E-state index in [1.807, 2.05) is 0 Å². The first-order chi connectivity index (χ1) is 18.9. The fourth-order valence-electron chi connectivity index (χ4n) is 11.6. The molecule has 2 heterocycles. The van der Waals surface area contributed by atoms with E-state index in [0.29, 0.717) is 40.3 Å². The molecule has 2 atom stereocenters. The van der Waals surface area contributed by atoms with Crippen molar-refractivity contribution in [1.29, 1.82) is 0 Å². The minimum atomic E-state index is -1.92. The van der Waals surface area contributed by atoms with Crippen LogP contribution in [0, 0.1) is 0 Å². The molecule has 0 aliphatic carbocycles. The van der Waals surface area contributed by atoms with Crippen LogP contribution in [-0.4, -0.2) is 47.3 Å². The van der Waals surface area contributed by atoms with Gasteiger partial charge >= 0.3 is 0 Å². The van der Waals surface area contributed by atoms with Crippen molar-refractivity contribution in [3.05, 3.63) is 0 Å². The standard InChI is InChI=1S/C36H84S2Si7/c1-29(2,3)39(25,30(4,5)6)37-43(40(26,31(7,8)9)32(10,11)12)44(41(27,33(13,14)15)34(16,17)18)38-45(43,44)42(28,35(19,20)21)36(22,23)24/h1-28H3. The molecule has 2 aliphatic rings. The summed E-state index contributed by atoms with van der Waals surface area (Å²) in [6.45, 7) is 78.1. The largest absolute Gasteiger partial charge is 0.220 e. The molecular weight excluding hydrogens is 693 g/mol. The third-order valence-corrected chi connectivity index (χ3v) is 252. The summed E-state index contributed by atoms with van der Waals surface area (Å²) in [5.74, 6) is -5.30. The third-order valence-electron chi connectivity index (χ3n) is 16.0. The van der Waals surface area contributed by atoms with Crippen molar-refractivity contribution in [3.8, 4) is 0 Å². The van der Waals surface area contributed by atoms with Gasteiger partial charge in [0.05, 0.1) is 22.8 Å². The van der Waals surface area contributed by atoms with Crippen molar-refractivity contribution in [2.24, 2.45) is 0 Å². The smallest absolute Gasteiger partial charge is 0.116 e. The number of fused-ring (bicyclic) bond motifs is 1. The second-order valence-electron chi connectivity index (χ2n) is 24.7. The van der Waals surface area contributed by atoms with Gasteiger partial charge in [-0.05, 0) is 40.3 Å². The van der Waals surface area contributed by atoms with E-state index < -0.39 is 47.3 Å². The maximum atomic E-state index is 3.10. The van der Waals surface area contributed by atoms with Crippen molar-refractivity contribution in [3.63, 3.8) is 0 Å². The summed E-state index contributed by atoms with van der Waals surface area (Å²) in [5, 5.41) is 3.24. The van der Waals surface area contributed by atoms with Crippen molar-refractivity contribution in [2.75, 3.05) is 0 Å². The molecule has 0 radical (unpaired) electrons. The van der Waals surface area contributed by atoms with E-state index in [0.717, 1.165) is 0 Å². The van der Waals surface area contributed by atoms with Crippen LogP contribution in [0.25, 0.3) is 0 Å². The summed E-state index contributed by atoms with van der Waals surface area (Å²) in [4.78, 5) is 0. The molecule has 0 spiro atoms. The highest BCUT2D eigenvalue weighted by Crippen LogP contribution is 2.98. The van der Waals surface area contributed by atoms with Crippen LogP contribution >= 0.6 is 21.3 Å². The van der Waals surface area contributed by atoms with Crippen LogP contribution < -0.4 is 0 Å². The van der Waals surface area contributed by atoms with E-state index in [1.165, 1.54) is 0 Å². The Morgan fingerprint density at radius 3 is 0.689 bits per heavy atom. The number of hydrogen-bond acceptors (Lipinski definition) is 2. The number of rotatable bonds is 5. The molecular formula is C36H84S2Si7. The monoisotopic (exact) mass is 776 g/mol. The topological polar surface area (TPSA) is 0 Å². The van der Waals surface area contributed by atoms with Gasteiger partial charge in [-0.1, -0.05) is 192 Å². The summed E-state index contributed by atoms with van der Waals surface area (Å²) < 4.78 is 0. The van der Waals surface area contributed by atoms with Gasteiger partial charge in [0.25, 0.3) is 0 Å². The molecule has 2 aliphatic heterocycles. The van der Waals surface area contributed by atoms with Gasteiger partial charge in [0.1, 0.15) is 24.6 Å². The predicted molar refractivity (Wildman–Crippen MR) is 237 cm³/mol. The lowest BCUT2D eigenvalue weighted by Crippen LogP contribution is -2.79. The Hall–Kier alpha value is 2.22. The molecule has 45 heavy (non-hydrogen) atoms. The van der Waals surface area contributed by atoms with Crippen LogP contribution in [0.1, 0.15) is 166 Å². The summed E-state index contributed by atoms with van der Waals surface area (Å²) in [7, 11) is -1.48. The lowest BCUT2D eigenvalue weighted by molar-refractivity contribution is 0.633. The van der Waals surface area contributed by atoms with Crippen molar-refractivity contribution in [2.45, 2.75) is 233 Å². The van der Waals surface area contributed by atoms with Crippen LogP contribution in [0.15, 0.2) is 0 Å². The van der Waals surface area contributed by atoms with Gasteiger partial charge in [-0.2, -0.15) is 0 Å². The Morgan fingerprint density at radius 1 is 0.333 bits per heavy atom. The maximum Gasteiger partial charge on any atom is 0.116 e. The Kier molecular flexibility index (Phi) is 10.3. The molecule has 0 bridgehead atoms. The molecule has 0 N–H and O–H groups in total. The lowest BCUT2D eigenvalue weighted by atomic mass is 10.2. The minimum absolute atomic E-state index is 0.370. The summed E-state index contributed by atoms with van der Waals surface area (Å²) >= 11 is 0. The van der Waals surface area contributed by atoms with Crippen molar-refractivity contribution in [1.82, 2.24) is 0 Å². The second kappa shape index (κ2) is 10.6. The average molecular weight is 778 g/mol. The summed E-state index contributed by atoms with van der Waals surface area (Å²) in [5.41, 5.74) is 0. The fourth-order valence-corrected chi connectivity index (χ4v) is 544. The summed E-state index contributed by atoms with van der Waals surface area (Å²) in [6.07, 6.45) is 0. The molecule has 0 nitrogen and oxygen atoms in total. The van der Waals surface area contributed by atoms with Crippen molar-refractivity contribution < 1.29 is 0 Å². The molecule has 2 saturated heterocycles. The van der Waals surface area contributed by atoms with E-state index in [4.69, 9.17) is 0 Å². The molecule has 0 aromatic rings. The van der Waals surface area contributed by atoms with Gasteiger partial charge in [0.2, 0.25) is 0 Å². The minimum Gasteiger partial charge on any atom is -0.220 e. The molecule has 9 heteroatoms. The quantitative estimate of drug-likeness (QED) is 0.201. The molecule has 0 aromatic carbocycles. The first-order valence-corrected chi connectivity index (χ1v) is 44.8. The van der Waals surface area contributed by atoms with E-state index in [-0.39, 0.29) is 0 Å². The third kappa shape index (κ3) is 4.87. The number of hydrogen-bond donors (Lipinski definition) is 0. The van der Waals surface area contributed by atoms with Crippen LogP contribution in [-0.2, 0) is 0 Å². The SMILES string of the molecule is CC(C)(C)[Si](C)(S[Si]1([Si](C)(C(C)(C)C)C(C)(C)C)[Si]2([Si](C)(C(C)(C)C)C(C)(C)C)S[Si]12[Si](C)(C(C)(C)C)C(C)(C)C)C(C)(C)C. The zero-order valence-corrected chi connectivity index (χ0v) is 44.9. The first-order valence-electron chi connectivity index (χ1n) is 18.3. The zero-order valence-electron chi connectivity index (χ0n) is 36.3. The normalized spacial score (nSPS) is 28.3. The molecule has 0 amide bonds. The van der Waals surface area contributed by atoms with Crippen LogP contribution in [0.2, 0.25) is 66.5 Å². The highest BCUT2D eigenvalue weighted by molar-refractivity contribution is 9.20. The van der Waals surface area contributed by atoms with E-state index in [1.54, 1.807) is 0 Å². The van der Waals surface area contributed by atoms with E-state index >= 15 is 0 Å². The van der Waals surface area contributed by atoms with E-state index in [2.05, 4.69) is 214 Å². The van der Waals surface area contributed by atoms with Gasteiger partial charge in [-0.3, -0.25) is 0 Å².